The number of rotatable bonds is 2. The van der Waals surface area contributed by atoms with Crippen molar-refractivity contribution in [1.29, 1.82) is 0 Å². The van der Waals surface area contributed by atoms with Crippen LogP contribution in [0.3, 0.4) is 0 Å². The molecule has 0 aliphatic carbocycles. The molecule has 2 rings (SSSR count). The highest BCUT2D eigenvalue weighted by Gasteiger charge is 2.13. The molecule has 0 bridgehead atoms. The van der Waals surface area contributed by atoms with E-state index in [9.17, 15) is 9.18 Å². The molecule has 0 unspecified atom stereocenters. The van der Waals surface area contributed by atoms with E-state index in [0.717, 1.165) is 0 Å². The Morgan fingerprint density at radius 1 is 1.41 bits per heavy atom. The zero-order valence-electron chi connectivity index (χ0n) is 8.34. The molecule has 1 amide bonds. The summed E-state index contributed by atoms with van der Waals surface area (Å²) in [5.74, 6) is -0.911. The normalized spacial score (nSPS) is 10.3. The second kappa shape index (κ2) is 5.16. The van der Waals surface area contributed by atoms with Crippen molar-refractivity contribution >= 4 is 50.5 Å². The van der Waals surface area contributed by atoms with Gasteiger partial charge in [-0.05, 0) is 29.6 Å². The minimum absolute atomic E-state index is 0.127. The summed E-state index contributed by atoms with van der Waals surface area (Å²) < 4.78 is 14.1. The van der Waals surface area contributed by atoms with Gasteiger partial charge in [0.15, 0.2) is 0 Å². The lowest BCUT2D eigenvalue weighted by Crippen LogP contribution is -2.11. The zero-order chi connectivity index (χ0) is 12.4. The summed E-state index contributed by atoms with van der Waals surface area (Å²) in [5.41, 5.74) is 0.127. The van der Waals surface area contributed by atoms with E-state index in [0.29, 0.717) is 14.4 Å². The third-order valence-corrected chi connectivity index (χ3v) is 3.84. The molecular weight excluding hydrogens is 329 g/mol. The van der Waals surface area contributed by atoms with Gasteiger partial charge in [-0.15, -0.1) is 11.3 Å². The molecule has 0 fully saturated rings. The van der Waals surface area contributed by atoms with Crippen LogP contribution in [0.5, 0.6) is 0 Å². The summed E-state index contributed by atoms with van der Waals surface area (Å²) in [6.07, 6.45) is 0. The van der Waals surface area contributed by atoms with Crippen molar-refractivity contribution < 1.29 is 9.18 Å². The molecule has 0 spiro atoms. The summed E-state index contributed by atoms with van der Waals surface area (Å²) in [4.78, 5) is 12.1. The van der Waals surface area contributed by atoms with Crippen LogP contribution in [0.1, 0.15) is 9.67 Å². The van der Waals surface area contributed by atoms with Gasteiger partial charge >= 0.3 is 0 Å². The van der Waals surface area contributed by atoms with Gasteiger partial charge in [-0.25, -0.2) is 4.39 Å². The molecule has 0 saturated carbocycles. The lowest BCUT2D eigenvalue weighted by Gasteiger charge is -2.05. The minimum Gasteiger partial charge on any atom is -0.319 e. The highest BCUT2D eigenvalue weighted by molar-refractivity contribution is 9.10. The van der Waals surface area contributed by atoms with Gasteiger partial charge in [-0.3, -0.25) is 4.79 Å². The number of carbonyl (C=O) groups excluding carboxylic acids is 1. The Hall–Kier alpha value is -0.910. The Balaban J connectivity index is 2.22. The number of thiophene rings is 1. The van der Waals surface area contributed by atoms with Crippen molar-refractivity contribution in [3.8, 4) is 0 Å². The van der Waals surface area contributed by atoms with Crippen molar-refractivity contribution in [1.82, 2.24) is 0 Å². The van der Waals surface area contributed by atoms with Crippen LogP contribution in [0.4, 0.5) is 10.1 Å². The van der Waals surface area contributed by atoms with Crippen LogP contribution in [0.15, 0.2) is 34.1 Å². The Kier molecular flexibility index (Phi) is 3.81. The van der Waals surface area contributed by atoms with Gasteiger partial charge in [-0.1, -0.05) is 27.5 Å². The number of anilines is 1. The second-order valence-corrected chi connectivity index (χ2v) is 5.41. The maximum Gasteiger partial charge on any atom is 0.267 e. The summed E-state index contributed by atoms with van der Waals surface area (Å²) in [7, 11) is 0. The second-order valence-electron chi connectivity index (χ2n) is 3.18. The smallest absolute Gasteiger partial charge is 0.267 e. The van der Waals surface area contributed by atoms with E-state index in [4.69, 9.17) is 11.6 Å². The first-order chi connectivity index (χ1) is 8.08. The molecule has 0 atom stereocenters. The molecule has 1 N–H and O–H groups in total. The predicted molar refractivity (Wildman–Crippen MR) is 71.4 cm³/mol. The Labute approximate surface area is 115 Å². The maximum absolute atomic E-state index is 13.5. The minimum atomic E-state index is -0.500. The van der Waals surface area contributed by atoms with Crippen molar-refractivity contribution in [3.63, 3.8) is 0 Å². The average molecular weight is 335 g/mol. The number of halogens is 3. The molecule has 1 aromatic heterocycles. The SMILES string of the molecule is O=C(Nc1ccc(Br)cc1F)c1sccc1Cl. The topological polar surface area (TPSA) is 29.1 Å². The van der Waals surface area contributed by atoms with Crippen LogP contribution in [0.2, 0.25) is 5.02 Å². The molecule has 2 nitrogen and oxygen atoms in total. The summed E-state index contributed by atoms with van der Waals surface area (Å²) in [6.45, 7) is 0. The van der Waals surface area contributed by atoms with Crippen LogP contribution in [-0.2, 0) is 0 Å². The van der Waals surface area contributed by atoms with E-state index in [1.54, 1.807) is 17.5 Å². The number of benzene rings is 1. The van der Waals surface area contributed by atoms with Crippen molar-refractivity contribution in [2.45, 2.75) is 0 Å². The Morgan fingerprint density at radius 3 is 2.76 bits per heavy atom. The summed E-state index contributed by atoms with van der Waals surface area (Å²) in [5, 5.41) is 4.54. The molecule has 6 heteroatoms. The summed E-state index contributed by atoms with van der Waals surface area (Å²) >= 11 is 10.2. The van der Waals surface area contributed by atoms with Gasteiger partial charge in [0.25, 0.3) is 5.91 Å². The molecule has 1 aromatic carbocycles. The third-order valence-electron chi connectivity index (χ3n) is 2.00. The van der Waals surface area contributed by atoms with Gasteiger partial charge in [-0.2, -0.15) is 0 Å². The molecule has 17 heavy (non-hydrogen) atoms. The van der Waals surface area contributed by atoms with Crippen molar-refractivity contribution in [2.75, 3.05) is 5.32 Å². The van der Waals surface area contributed by atoms with Crippen LogP contribution in [0, 0.1) is 5.82 Å². The zero-order valence-corrected chi connectivity index (χ0v) is 11.5. The molecule has 2 aromatic rings. The van der Waals surface area contributed by atoms with E-state index in [1.807, 2.05) is 0 Å². The third kappa shape index (κ3) is 2.86. The highest BCUT2D eigenvalue weighted by atomic mass is 79.9. The van der Waals surface area contributed by atoms with Crippen LogP contribution < -0.4 is 5.32 Å². The fourth-order valence-electron chi connectivity index (χ4n) is 1.23. The molecule has 0 saturated heterocycles. The first-order valence-electron chi connectivity index (χ1n) is 4.57. The Morgan fingerprint density at radius 2 is 2.18 bits per heavy atom. The predicted octanol–water partition coefficient (Wildman–Crippen LogP) is 4.56. The molecular formula is C11H6BrClFNOS. The fraction of sp³-hybridized carbons (Fsp3) is 0. The van der Waals surface area contributed by atoms with E-state index in [2.05, 4.69) is 21.2 Å². The number of hydrogen-bond donors (Lipinski definition) is 1. The number of nitrogens with one attached hydrogen (secondary N) is 1. The lowest BCUT2D eigenvalue weighted by molar-refractivity contribution is 0.103. The monoisotopic (exact) mass is 333 g/mol. The van der Waals surface area contributed by atoms with Gasteiger partial charge in [0.2, 0.25) is 0 Å². The maximum atomic E-state index is 13.5. The van der Waals surface area contributed by atoms with Gasteiger partial charge in [0, 0.05) is 4.47 Å². The quantitative estimate of drug-likeness (QED) is 0.857. The average Bonchev–Trinajstić information content (AvgIpc) is 2.68. The number of amides is 1. The first-order valence-corrected chi connectivity index (χ1v) is 6.62. The van der Waals surface area contributed by atoms with Gasteiger partial charge in [0.1, 0.15) is 10.7 Å². The van der Waals surface area contributed by atoms with Crippen LogP contribution in [-0.4, -0.2) is 5.91 Å². The lowest BCUT2D eigenvalue weighted by atomic mass is 10.3. The number of hydrogen-bond acceptors (Lipinski definition) is 2. The Bertz CT molecular complexity index is 572. The molecule has 1 heterocycles. The van der Waals surface area contributed by atoms with Crippen molar-refractivity contribution in [2.24, 2.45) is 0 Å². The van der Waals surface area contributed by atoms with E-state index in [-0.39, 0.29) is 5.69 Å². The molecule has 88 valence electrons. The fourth-order valence-corrected chi connectivity index (χ4v) is 2.59. The number of carbonyl (C=O) groups is 1. The van der Waals surface area contributed by atoms with E-state index >= 15 is 0 Å². The van der Waals surface area contributed by atoms with Crippen LogP contribution >= 0.6 is 38.9 Å². The molecule has 0 aliphatic heterocycles. The first kappa shape index (κ1) is 12.5. The molecule has 0 radical (unpaired) electrons. The summed E-state index contributed by atoms with van der Waals surface area (Å²) in [6, 6.07) is 6.04. The van der Waals surface area contributed by atoms with Crippen LogP contribution in [0.25, 0.3) is 0 Å². The van der Waals surface area contributed by atoms with Crippen molar-refractivity contribution in [3.05, 3.63) is 49.8 Å². The van der Waals surface area contributed by atoms with E-state index in [1.165, 1.54) is 23.5 Å². The standard InChI is InChI=1S/C11H6BrClFNOS/c12-6-1-2-9(8(14)5-6)15-11(16)10-7(13)3-4-17-10/h1-5H,(H,15,16). The highest BCUT2D eigenvalue weighted by Crippen LogP contribution is 2.25. The van der Waals surface area contributed by atoms with Gasteiger partial charge < -0.3 is 5.32 Å². The van der Waals surface area contributed by atoms with E-state index < -0.39 is 11.7 Å². The largest absolute Gasteiger partial charge is 0.319 e. The van der Waals surface area contributed by atoms with Gasteiger partial charge in [0.05, 0.1) is 10.7 Å². The molecule has 0 aliphatic rings.